The lowest BCUT2D eigenvalue weighted by Gasteiger charge is -2.27. The van der Waals surface area contributed by atoms with Gasteiger partial charge in [-0.3, -0.25) is 9.79 Å². The highest BCUT2D eigenvalue weighted by molar-refractivity contribution is 8.16. The number of anilines is 1. The minimum Gasteiger partial charge on any atom is -0.325 e. The Morgan fingerprint density at radius 3 is 2.50 bits per heavy atom. The molecule has 1 aliphatic heterocycles. The third-order valence-corrected chi connectivity index (χ3v) is 6.47. The Balaban J connectivity index is 1.51. The van der Waals surface area contributed by atoms with Gasteiger partial charge in [-0.25, -0.2) is 9.38 Å². The Hall–Kier alpha value is -1.89. The van der Waals surface area contributed by atoms with Gasteiger partial charge in [0, 0.05) is 21.3 Å². The van der Waals surface area contributed by atoms with Gasteiger partial charge in [0.2, 0.25) is 5.91 Å². The molecule has 0 bridgehead atoms. The van der Waals surface area contributed by atoms with Crippen LogP contribution in [-0.2, 0) is 4.79 Å². The summed E-state index contributed by atoms with van der Waals surface area (Å²) in [6, 6.07) is 11.2. The quantitative estimate of drug-likeness (QED) is 0.572. The van der Waals surface area contributed by atoms with E-state index >= 15 is 0 Å². The molecule has 1 saturated carbocycles. The number of halogens is 3. The summed E-state index contributed by atoms with van der Waals surface area (Å²) in [5, 5.41) is 4.38. The molecule has 2 aromatic carbocycles. The molecule has 1 aliphatic carbocycles. The van der Waals surface area contributed by atoms with Crippen molar-refractivity contribution in [3.63, 3.8) is 0 Å². The second kappa shape index (κ2) is 9.08. The number of nitrogens with zero attached hydrogens (tertiary/aromatic N) is 2. The van der Waals surface area contributed by atoms with E-state index in [-0.39, 0.29) is 17.5 Å². The third-order valence-electron chi connectivity index (χ3n) is 5.07. The Morgan fingerprint density at radius 1 is 1.07 bits per heavy atom. The Morgan fingerprint density at radius 2 is 1.80 bits per heavy atom. The lowest BCUT2D eigenvalue weighted by Crippen LogP contribution is -2.25. The molecule has 0 radical (unpaired) electrons. The van der Waals surface area contributed by atoms with Gasteiger partial charge in [0.1, 0.15) is 10.9 Å². The van der Waals surface area contributed by atoms with Gasteiger partial charge in [-0.2, -0.15) is 0 Å². The molecule has 4 nitrogen and oxygen atoms in total. The first-order valence-corrected chi connectivity index (χ1v) is 11.5. The van der Waals surface area contributed by atoms with Crippen molar-refractivity contribution in [3.8, 4) is 0 Å². The molecule has 1 fully saturated rings. The number of amides is 1. The van der Waals surface area contributed by atoms with Crippen molar-refractivity contribution in [1.29, 1.82) is 0 Å². The van der Waals surface area contributed by atoms with E-state index in [1.54, 1.807) is 24.3 Å². The number of carbonyl (C=O) groups is 1. The summed E-state index contributed by atoms with van der Waals surface area (Å²) in [6.45, 7) is 0. The molecule has 8 heteroatoms. The summed E-state index contributed by atoms with van der Waals surface area (Å²) < 4.78 is 13.8. The van der Waals surface area contributed by atoms with E-state index < -0.39 is 5.66 Å². The average Bonchev–Trinajstić information content (AvgIpc) is 3.04. The molecule has 30 heavy (non-hydrogen) atoms. The van der Waals surface area contributed by atoms with Crippen molar-refractivity contribution in [2.75, 3.05) is 11.1 Å². The first kappa shape index (κ1) is 21.3. The van der Waals surface area contributed by atoms with E-state index in [0.717, 1.165) is 25.7 Å². The van der Waals surface area contributed by atoms with Gasteiger partial charge in [0.15, 0.2) is 5.66 Å². The predicted octanol–water partition coefficient (Wildman–Crippen LogP) is 6.37. The van der Waals surface area contributed by atoms with Crippen LogP contribution in [-0.4, -0.2) is 28.1 Å². The Kier molecular flexibility index (Phi) is 6.46. The average molecular weight is 464 g/mol. The zero-order valence-electron chi connectivity index (χ0n) is 16.1. The van der Waals surface area contributed by atoms with Crippen LogP contribution in [0.25, 0.3) is 0 Å². The van der Waals surface area contributed by atoms with Crippen LogP contribution in [0.5, 0.6) is 0 Å². The van der Waals surface area contributed by atoms with E-state index in [9.17, 15) is 9.18 Å². The minimum atomic E-state index is -0.473. The molecular weight excluding hydrogens is 444 g/mol. The molecule has 1 spiro atoms. The summed E-state index contributed by atoms with van der Waals surface area (Å²) in [4.78, 5) is 22.3. The fraction of sp³-hybridized carbons (Fsp3) is 0.318. The van der Waals surface area contributed by atoms with Crippen LogP contribution >= 0.6 is 35.0 Å². The van der Waals surface area contributed by atoms with Crippen LogP contribution in [0.4, 0.5) is 10.1 Å². The number of nitrogens with one attached hydrogen (secondary N) is 1. The number of hydrogen-bond acceptors (Lipinski definition) is 4. The largest absolute Gasteiger partial charge is 0.325 e. The molecule has 1 amide bonds. The molecule has 0 saturated heterocycles. The SMILES string of the molecule is O=C(CSC1=NC2(CCCCC2)N=C1c1cccc(F)c1)Nc1cc(Cl)cc(Cl)c1. The van der Waals surface area contributed by atoms with Crippen LogP contribution in [0.2, 0.25) is 10.0 Å². The number of hydrogen-bond donors (Lipinski definition) is 1. The van der Waals surface area contributed by atoms with Crippen LogP contribution in [0.1, 0.15) is 37.7 Å². The molecule has 0 unspecified atom stereocenters. The van der Waals surface area contributed by atoms with Gasteiger partial charge in [0.25, 0.3) is 0 Å². The fourth-order valence-corrected chi connectivity index (χ4v) is 5.15. The third kappa shape index (κ3) is 5.05. The molecule has 156 valence electrons. The number of rotatable bonds is 4. The maximum atomic E-state index is 13.8. The molecular formula is C22H20Cl2FN3OS. The van der Waals surface area contributed by atoms with Crippen molar-refractivity contribution in [1.82, 2.24) is 0 Å². The minimum absolute atomic E-state index is 0.146. The summed E-state index contributed by atoms with van der Waals surface area (Å²) in [5.74, 6) is -0.378. The highest BCUT2D eigenvalue weighted by Crippen LogP contribution is 2.38. The van der Waals surface area contributed by atoms with Gasteiger partial charge in [-0.1, -0.05) is 53.5 Å². The first-order valence-electron chi connectivity index (χ1n) is 9.77. The number of carbonyl (C=O) groups excluding carboxylic acids is 1. The van der Waals surface area contributed by atoms with E-state index in [1.165, 1.54) is 30.3 Å². The summed E-state index contributed by atoms with van der Waals surface area (Å²) in [5.41, 5.74) is 1.42. The maximum absolute atomic E-state index is 13.8. The van der Waals surface area contributed by atoms with Crippen LogP contribution in [0.15, 0.2) is 52.4 Å². The first-order chi connectivity index (χ1) is 14.4. The van der Waals surface area contributed by atoms with E-state index in [0.29, 0.717) is 32.1 Å². The summed E-state index contributed by atoms with van der Waals surface area (Å²) in [6.07, 6.45) is 5.07. The molecule has 1 heterocycles. The van der Waals surface area contributed by atoms with E-state index in [4.69, 9.17) is 33.2 Å². The van der Waals surface area contributed by atoms with Crippen molar-refractivity contribution in [3.05, 3.63) is 63.9 Å². The Bertz CT molecular complexity index is 1010. The standard InChI is InChI=1S/C22H20Cl2FN3OS/c23-15-10-16(24)12-18(11-15)26-19(29)13-30-21-20(14-5-4-6-17(25)9-14)27-22(28-21)7-2-1-3-8-22/h4-6,9-12H,1-3,7-8,13H2,(H,26,29). The molecule has 0 aromatic heterocycles. The molecule has 1 N–H and O–H groups in total. The topological polar surface area (TPSA) is 53.8 Å². The zero-order chi connectivity index (χ0) is 21.1. The van der Waals surface area contributed by atoms with Crippen molar-refractivity contribution in [2.45, 2.75) is 37.8 Å². The normalized spacial score (nSPS) is 17.6. The van der Waals surface area contributed by atoms with Crippen molar-refractivity contribution in [2.24, 2.45) is 9.98 Å². The monoisotopic (exact) mass is 463 g/mol. The van der Waals surface area contributed by atoms with Gasteiger partial charge in [-0.05, 0) is 56.0 Å². The Labute approximate surface area is 189 Å². The molecule has 2 aromatic rings. The summed E-state index contributed by atoms with van der Waals surface area (Å²) >= 11 is 13.3. The lowest BCUT2D eigenvalue weighted by molar-refractivity contribution is -0.113. The second-order valence-electron chi connectivity index (χ2n) is 7.43. The highest BCUT2D eigenvalue weighted by atomic mass is 35.5. The molecule has 0 atom stereocenters. The number of aliphatic imine (C=N–C) groups is 2. The van der Waals surface area contributed by atoms with Gasteiger partial charge < -0.3 is 5.32 Å². The number of thioether (sulfide) groups is 1. The second-order valence-corrected chi connectivity index (χ2v) is 9.26. The zero-order valence-corrected chi connectivity index (χ0v) is 18.5. The number of benzene rings is 2. The smallest absolute Gasteiger partial charge is 0.234 e. The van der Waals surface area contributed by atoms with Crippen LogP contribution < -0.4 is 5.32 Å². The van der Waals surface area contributed by atoms with E-state index in [1.807, 2.05) is 6.07 Å². The van der Waals surface area contributed by atoms with Gasteiger partial charge in [0.05, 0.1) is 11.5 Å². The predicted molar refractivity (Wildman–Crippen MR) is 124 cm³/mol. The van der Waals surface area contributed by atoms with Gasteiger partial charge >= 0.3 is 0 Å². The van der Waals surface area contributed by atoms with Crippen LogP contribution in [0.3, 0.4) is 0 Å². The molecule has 2 aliphatic rings. The lowest BCUT2D eigenvalue weighted by atomic mass is 9.90. The van der Waals surface area contributed by atoms with Gasteiger partial charge in [-0.15, -0.1) is 0 Å². The maximum Gasteiger partial charge on any atom is 0.234 e. The highest BCUT2D eigenvalue weighted by Gasteiger charge is 2.37. The van der Waals surface area contributed by atoms with Crippen LogP contribution in [0, 0.1) is 5.82 Å². The summed E-state index contributed by atoms with van der Waals surface area (Å²) in [7, 11) is 0. The molecule has 4 rings (SSSR count). The van der Waals surface area contributed by atoms with E-state index in [2.05, 4.69) is 5.32 Å². The fourth-order valence-electron chi connectivity index (χ4n) is 3.75. The van der Waals surface area contributed by atoms with Crippen molar-refractivity contribution >= 4 is 57.3 Å². The van der Waals surface area contributed by atoms with Crippen molar-refractivity contribution < 1.29 is 9.18 Å².